The van der Waals surface area contributed by atoms with Gasteiger partial charge in [0.1, 0.15) is 11.6 Å². The summed E-state index contributed by atoms with van der Waals surface area (Å²) in [6.45, 7) is 0.574. The van der Waals surface area contributed by atoms with Crippen LogP contribution < -0.4 is 15.4 Å². The van der Waals surface area contributed by atoms with Gasteiger partial charge in [0.05, 0.1) is 19.0 Å². The van der Waals surface area contributed by atoms with Crippen molar-refractivity contribution in [2.24, 2.45) is 0 Å². The Labute approximate surface area is 157 Å². The van der Waals surface area contributed by atoms with Gasteiger partial charge in [0.25, 0.3) is 5.91 Å². The standard InChI is InChI=1S/C20H18ClN3O2/c1-26-17-9-6-14(7-10-17)20(25)24-16-8-11-19(23-13-16)22-12-15-4-2-3-5-18(15)21/h2-11,13H,12H2,1H3,(H,22,23)(H,24,25). The molecule has 0 saturated heterocycles. The molecule has 2 N–H and O–H groups in total. The summed E-state index contributed by atoms with van der Waals surface area (Å²) in [5.41, 5.74) is 2.16. The molecule has 0 aliphatic carbocycles. The van der Waals surface area contributed by atoms with Gasteiger partial charge in [-0.15, -0.1) is 0 Å². The molecule has 0 spiro atoms. The van der Waals surface area contributed by atoms with Gasteiger partial charge in [0, 0.05) is 17.1 Å². The average Bonchev–Trinajstić information content (AvgIpc) is 2.68. The van der Waals surface area contributed by atoms with E-state index in [1.54, 1.807) is 49.7 Å². The molecule has 3 rings (SSSR count). The highest BCUT2D eigenvalue weighted by molar-refractivity contribution is 6.31. The molecule has 0 saturated carbocycles. The minimum atomic E-state index is -0.203. The molecule has 26 heavy (non-hydrogen) atoms. The fraction of sp³-hybridized carbons (Fsp3) is 0.100. The minimum Gasteiger partial charge on any atom is -0.497 e. The summed E-state index contributed by atoms with van der Waals surface area (Å²) >= 11 is 6.13. The van der Waals surface area contributed by atoms with E-state index in [0.717, 1.165) is 5.56 Å². The highest BCUT2D eigenvalue weighted by atomic mass is 35.5. The van der Waals surface area contributed by atoms with Crippen LogP contribution in [-0.4, -0.2) is 18.0 Å². The van der Waals surface area contributed by atoms with Crippen molar-refractivity contribution < 1.29 is 9.53 Å². The van der Waals surface area contributed by atoms with E-state index in [-0.39, 0.29) is 5.91 Å². The lowest BCUT2D eigenvalue weighted by Gasteiger charge is -2.09. The van der Waals surface area contributed by atoms with Gasteiger partial charge in [-0.25, -0.2) is 4.98 Å². The molecule has 132 valence electrons. The summed E-state index contributed by atoms with van der Waals surface area (Å²) in [7, 11) is 1.59. The number of nitrogens with one attached hydrogen (secondary N) is 2. The van der Waals surface area contributed by atoms with Gasteiger partial charge < -0.3 is 15.4 Å². The van der Waals surface area contributed by atoms with Crippen LogP contribution in [0.25, 0.3) is 0 Å². The topological polar surface area (TPSA) is 63.2 Å². The molecule has 0 aliphatic rings. The van der Waals surface area contributed by atoms with Crippen molar-refractivity contribution in [3.8, 4) is 5.75 Å². The number of pyridine rings is 1. The van der Waals surface area contributed by atoms with Crippen molar-refractivity contribution in [3.63, 3.8) is 0 Å². The Bertz CT molecular complexity index is 880. The Morgan fingerprint density at radius 1 is 1.08 bits per heavy atom. The van der Waals surface area contributed by atoms with Gasteiger partial charge >= 0.3 is 0 Å². The van der Waals surface area contributed by atoms with Gasteiger partial charge in [-0.3, -0.25) is 4.79 Å². The van der Waals surface area contributed by atoms with Crippen LogP contribution in [0.15, 0.2) is 66.9 Å². The second-order valence-corrected chi connectivity index (χ2v) is 5.97. The van der Waals surface area contributed by atoms with Crippen molar-refractivity contribution in [3.05, 3.63) is 83.0 Å². The van der Waals surface area contributed by atoms with Crippen molar-refractivity contribution in [1.82, 2.24) is 4.98 Å². The highest BCUT2D eigenvalue weighted by Crippen LogP contribution is 2.18. The molecule has 2 aromatic carbocycles. The number of rotatable bonds is 6. The number of hydrogen-bond acceptors (Lipinski definition) is 4. The molecule has 5 nitrogen and oxygen atoms in total. The molecule has 0 bridgehead atoms. The number of aromatic nitrogens is 1. The van der Waals surface area contributed by atoms with E-state index >= 15 is 0 Å². The first-order valence-electron chi connectivity index (χ1n) is 8.04. The van der Waals surface area contributed by atoms with Crippen molar-refractivity contribution in [1.29, 1.82) is 0 Å². The van der Waals surface area contributed by atoms with Crippen LogP contribution in [0.1, 0.15) is 15.9 Å². The molecule has 1 aromatic heterocycles. The number of carbonyl (C=O) groups is 1. The van der Waals surface area contributed by atoms with Gasteiger partial charge in [0.2, 0.25) is 0 Å². The molecule has 0 fully saturated rings. The molecule has 0 aliphatic heterocycles. The molecular formula is C20H18ClN3O2. The van der Waals surface area contributed by atoms with E-state index in [4.69, 9.17) is 16.3 Å². The maximum absolute atomic E-state index is 12.2. The molecule has 1 amide bonds. The largest absolute Gasteiger partial charge is 0.497 e. The van der Waals surface area contributed by atoms with Crippen LogP contribution in [-0.2, 0) is 6.54 Å². The number of amides is 1. The smallest absolute Gasteiger partial charge is 0.255 e. The summed E-state index contributed by atoms with van der Waals surface area (Å²) < 4.78 is 5.09. The van der Waals surface area contributed by atoms with E-state index in [9.17, 15) is 4.79 Å². The number of halogens is 1. The SMILES string of the molecule is COc1ccc(C(=O)Nc2ccc(NCc3ccccc3Cl)nc2)cc1. The van der Waals surface area contributed by atoms with Crippen LogP contribution >= 0.6 is 11.6 Å². The number of hydrogen-bond donors (Lipinski definition) is 2. The van der Waals surface area contributed by atoms with Gasteiger partial charge in [0.15, 0.2) is 0 Å². The maximum Gasteiger partial charge on any atom is 0.255 e. The van der Waals surface area contributed by atoms with Gasteiger partial charge in [-0.05, 0) is 48.0 Å². The number of ether oxygens (including phenoxy) is 1. The van der Waals surface area contributed by atoms with E-state index in [1.165, 1.54) is 0 Å². The molecule has 6 heteroatoms. The summed E-state index contributed by atoms with van der Waals surface area (Å²) in [6.07, 6.45) is 1.61. The predicted octanol–water partition coefficient (Wildman–Crippen LogP) is 4.61. The van der Waals surface area contributed by atoms with Crippen LogP contribution in [0, 0.1) is 0 Å². The van der Waals surface area contributed by atoms with Crippen LogP contribution in [0.5, 0.6) is 5.75 Å². The predicted molar refractivity (Wildman–Crippen MR) is 104 cm³/mol. The lowest BCUT2D eigenvalue weighted by molar-refractivity contribution is 0.102. The maximum atomic E-state index is 12.2. The first kappa shape index (κ1) is 17.8. The fourth-order valence-corrected chi connectivity index (χ4v) is 2.55. The number of nitrogens with zero attached hydrogens (tertiary/aromatic N) is 1. The van der Waals surface area contributed by atoms with Crippen LogP contribution in [0.2, 0.25) is 5.02 Å². The monoisotopic (exact) mass is 367 g/mol. The zero-order chi connectivity index (χ0) is 18.4. The summed E-state index contributed by atoms with van der Waals surface area (Å²) in [5, 5.41) is 6.73. The fourth-order valence-electron chi connectivity index (χ4n) is 2.35. The number of anilines is 2. The third-order valence-corrected chi connectivity index (χ3v) is 4.16. The van der Waals surface area contributed by atoms with E-state index < -0.39 is 0 Å². The van der Waals surface area contributed by atoms with Crippen molar-refractivity contribution in [2.45, 2.75) is 6.54 Å². The second kappa shape index (κ2) is 8.36. The minimum absolute atomic E-state index is 0.203. The van der Waals surface area contributed by atoms with E-state index in [2.05, 4.69) is 15.6 Å². The summed E-state index contributed by atoms with van der Waals surface area (Å²) in [6, 6.07) is 18.1. The number of benzene rings is 2. The molecule has 0 unspecified atom stereocenters. The average molecular weight is 368 g/mol. The third kappa shape index (κ3) is 4.52. The zero-order valence-corrected chi connectivity index (χ0v) is 15.0. The molecule has 3 aromatic rings. The molecular weight excluding hydrogens is 350 g/mol. The molecule has 1 heterocycles. The first-order chi connectivity index (χ1) is 12.7. The Kier molecular flexibility index (Phi) is 5.71. The first-order valence-corrected chi connectivity index (χ1v) is 8.42. The lowest BCUT2D eigenvalue weighted by Crippen LogP contribution is -2.12. The molecule has 0 atom stereocenters. The number of methoxy groups -OCH3 is 1. The molecule has 0 radical (unpaired) electrons. The van der Waals surface area contributed by atoms with Crippen LogP contribution in [0.4, 0.5) is 11.5 Å². The quantitative estimate of drug-likeness (QED) is 0.668. The van der Waals surface area contributed by atoms with Gasteiger partial charge in [-0.1, -0.05) is 29.8 Å². The Balaban J connectivity index is 1.58. The summed E-state index contributed by atoms with van der Waals surface area (Å²) in [4.78, 5) is 16.5. The lowest BCUT2D eigenvalue weighted by atomic mass is 10.2. The Morgan fingerprint density at radius 2 is 1.85 bits per heavy atom. The normalized spacial score (nSPS) is 10.2. The highest BCUT2D eigenvalue weighted by Gasteiger charge is 2.07. The third-order valence-electron chi connectivity index (χ3n) is 3.79. The van der Waals surface area contributed by atoms with Gasteiger partial charge in [-0.2, -0.15) is 0 Å². The van der Waals surface area contributed by atoms with Crippen molar-refractivity contribution >= 4 is 29.0 Å². The zero-order valence-electron chi connectivity index (χ0n) is 14.2. The Hall–Kier alpha value is -3.05. The second-order valence-electron chi connectivity index (χ2n) is 5.56. The van der Waals surface area contributed by atoms with Crippen molar-refractivity contribution in [2.75, 3.05) is 17.7 Å². The summed E-state index contributed by atoms with van der Waals surface area (Å²) in [5.74, 6) is 1.20. The Morgan fingerprint density at radius 3 is 2.50 bits per heavy atom. The number of carbonyl (C=O) groups excluding carboxylic acids is 1. The van der Waals surface area contributed by atoms with E-state index in [0.29, 0.717) is 34.4 Å². The van der Waals surface area contributed by atoms with Crippen LogP contribution in [0.3, 0.4) is 0 Å². The van der Waals surface area contributed by atoms with E-state index in [1.807, 2.05) is 24.3 Å².